The number of primary amides is 1. The highest BCUT2D eigenvalue weighted by molar-refractivity contribution is 6.45. The van der Waals surface area contributed by atoms with Crippen molar-refractivity contribution in [2.45, 2.75) is 32.6 Å². The van der Waals surface area contributed by atoms with Crippen LogP contribution in [0, 0.1) is 0 Å². The average molecular weight is 639 g/mol. The maximum absolute atomic E-state index is 13.1. The zero-order chi connectivity index (χ0) is 32.0. The van der Waals surface area contributed by atoms with Crippen LogP contribution in [0.25, 0.3) is 0 Å². The van der Waals surface area contributed by atoms with Gasteiger partial charge >= 0.3 is 6.03 Å². The molecule has 0 aliphatic rings. The average Bonchev–Trinajstić information content (AvgIpc) is 2.96. The molecule has 3 aromatic carbocycles. The molecule has 0 aliphatic heterocycles. The highest BCUT2D eigenvalue weighted by Crippen LogP contribution is 2.40. The molecule has 0 saturated heterocycles. The summed E-state index contributed by atoms with van der Waals surface area (Å²) in [5.74, 6) is 1.78. The van der Waals surface area contributed by atoms with Gasteiger partial charge in [0.15, 0.2) is 0 Å². The summed E-state index contributed by atoms with van der Waals surface area (Å²) in [6.45, 7) is 6.05. The van der Waals surface area contributed by atoms with E-state index < -0.39 is 11.9 Å². The van der Waals surface area contributed by atoms with Gasteiger partial charge in [-0.05, 0) is 47.4 Å². The van der Waals surface area contributed by atoms with Gasteiger partial charge in [-0.2, -0.15) is 0 Å². The summed E-state index contributed by atoms with van der Waals surface area (Å²) < 4.78 is 16.8. The van der Waals surface area contributed by atoms with Crippen molar-refractivity contribution in [1.82, 2.24) is 4.98 Å². The third kappa shape index (κ3) is 8.03. The lowest BCUT2D eigenvalue weighted by Crippen LogP contribution is -2.22. The van der Waals surface area contributed by atoms with Gasteiger partial charge in [0.2, 0.25) is 5.91 Å². The molecule has 0 fully saturated rings. The van der Waals surface area contributed by atoms with Gasteiger partial charge in [0.05, 0.1) is 37.0 Å². The molecule has 1 aromatic heterocycles. The van der Waals surface area contributed by atoms with Crippen molar-refractivity contribution in [3.05, 3.63) is 88.0 Å². The smallest absolute Gasteiger partial charge is 0.323 e. The molecule has 44 heavy (non-hydrogen) atoms. The van der Waals surface area contributed by atoms with Gasteiger partial charge < -0.3 is 35.9 Å². The van der Waals surface area contributed by atoms with Crippen LogP contribution in [0.2, 0.25) is 10.0 Å². The van der Waals surface area contributed by atoms with E-state index in [-0.39, 0.29) is 33.3 Å². The standard InChI is InChI=1S/C32H33Cl2N5O5/c1-32(2,3)19-13-18(14-26(35)40)30(43-5)24(15-19)39-31(41)38-23-9-10-25(29(34)28(23)33)44-22-11-12-36-27(17-22)37-20-7-6-8-21(16-20)42-4/h6-13,15-17H,14H2,1-5H3,(H2,35,40)(H,36,37)(H2,38,39,41). The summed E-state index contributed by atoms with van der Waals surface area (Å²) in [6, 6.07) is 17.0. The topological polar surface area (TPSA) is 137 Å². The fourth-order valence-electron chi connectivity index (χ4n) is 4.28. The summed E-state index contributed by atoms with van der Waals surface area (Å²) in [7, 11) is 3.05. The molecule has 0 saturated carbocycles. The van der Waals surface area contributed by atoms with Crippen molar-refractivity contribution in [2.75, 3.05) is 30.2 Å². The van der Waals surface area contributed by atoms with Gasteiger partial charge in [0, 0.05) is 29.6 Å². The Labute approximate surface area is 265 Å². The van der Waals surface area contributed by atoms with E-state index in [0.29, 0.717) is 34.3 Å². The van der Waals surface area contributed by atoms with Crippen LogP contribution in [0.1, 0.15) is 31.9 Å². The molecule has 10 nitrogen and oxygen atoms in total. The fraction of sp³-hybridized carbons (Fsp3) is 0.219. The minimum absolute atomic E-state index is 0.0532. The number of urea groups is 1. The second-order valence-corrected chi connectivity index (χ2v) is 11.5. The molecule has 12 heteroatoms. The first kappa shape index (κ1) is 32.2. The molecule has 3 amide bonds. The first-order chi connectivity index (χ1) is 20.9. The fourth-order valence-corrected chi connectivity index (χ4v) is 4.68. The van der Waals surface area contributed by atoms with Gasteiger partial charge in [-0.3, -0.25) is 4.79 Å². The minimum Gasteiger partial charge on any atom is -0.497 e. The molecule has 0 atom stereocenters. The molecule has 4 rings (SSSR count). The van der Waals surface area contributed by atoms with Crippen LogP contribution in [-0.2, 0) is 16.6 Å². The first-order valence-corrected chi connectivity index (χ1v) is 14.2. The number of hydrogen-bond donors (Lipinski definition) is 4. The van der Waals surface area contributed by atoms with Gasteiger partial charge in [-0.1, -0.05) is 56.1 Å². The molecule has 1 heterocycles. The van der Waals surface area contributed by atoms with Gasteiger partial charge in [-0.15, -0.1) is 0 Å². The first-order valence-electron chi connectivity index (χ1n) is 13.5. The summed E-state index contributed by atoms with van der Waals surface area (Å²) >= 11 is 13.1. The molecule has 5 N–H and O–H groups in total. The molecular formula is C32H33Cl2N5O5. The number of pyridine rings is 1. The van der Waals surface area contributed by atoms with Crippen LogP contribution < -0.4 is 35.9 Å². The second kappa shape index (κ2) is 13.7. The highest BCUT2D eigenvalue weighted by atomic mass is 35.5. The predicted octanol–water partition coefficient (Wildman–Crippen LogP) is 7.91. The number of methoxy groups -OCH3 is 2. The van der Waals surface area contributed by atoms with Crippen LogP contribution in [0.15, 0.2) is 66.9 Å². The second-order valence-electron chi connectivity index (χ2n) is 10.8. The molecule has 0 bridgehead atoms. The SMILES string of the molecule is COc1cccc(Nc2cc(Oc3ccc(NC(=O)Nc4cc(C(C)(C)C)cc(CC(N)=O)c4OC)c(Cl)c3Cl)ccn2)c1. The Morgan fingerprint density at radius 3 is 2.32 bits per heavy atom. The third-order valence-corrected chi connectivity index (χ3v) is 7.31. The Bertz CT molecular complexity index is 1690. The van der Waals surface area contributed by atoms with E-state index in [1.54, 1.807) is 43.6 Å². The summed E-state index contributed by atoms with van der Waals surface area (Å²) in [4.78, 5) is 29.1. The van der Waals surface area contributed by atoms with E-state index in [1.807, 2.05) is 51.1 Å². The Hall–Kier alpha value is -4.67. The number of anilines is 4. The lowest BCUT2D eigenvalue weighted by atomic mass is 9.85. The Morgan fingerprint density at radius 2 is 1.64 bits per heavy atom. The minimum atomic E-state index is -0.603. The summed E-state index contributed by atoms with van der Waals surface area (Å²) in [5.41, 5.74) is 8.02. The zero-order valence-electron chi connectivity index (χ0n) is 24.9. The predicted molar refractivity (Wildman–Crippen MR) is 174 cm³/mol. The Morgan fingerprint density at radius 1 is 0.886 bits per heavy atom. The van der Waals surface area contributed by atoms with Crippen LogP contribution in [-0.4, -0.2) is 31.1 Å². The van der Waals surface area contributed by atoms with Crippen molar-refractivity contribution in [3.63, 3.8) is 0 Å². The number of amides is 3. The zero-order valence-corrected chi connectivity index (χ0v) is 26.4. The van der Waals surface area contributed by atoms with Crippen molar-refractivity contribution in [2.24, 2.45) is 5.73 Å². The number of rotatable bonds is 10. The van der Waals surface area contributed by atoms with E-state index in [1.165, 1.54) is 7.11 Å². The van der Waals surface area contributed by atoms with Gasteiger partial charge in [0.25, 0.3) is 0 Å². The highest BCUT2D eigenvalue weighted by Gasteiger charge is 2.22. The van der Waals surface area contributed by atoms with Crippen LogP contribution in [0.4, 0.5) is 27.7 Å². The normalized spacial score (nSPS) is 11.0. The van der Waals surface area contributed by atoms with Crippen molar-refractivity contribution < 1.29 is 23.8 Å². The number of carbonyl (C=O) groups is 2. The Kier molecular flexibility index (Phi) is 10.1. The summed E-state index contributed by atoms with van der Waals surface area (Å²) in [5, 5.41) is 8.87. The largest absolute Gasteiger partial charge is 0.497 e. The van der Waals surface area contributed by atoms with Crippen molar-refractivity contribution in [1.29, 1.82) is 0 Å². The van der Waals surface area contributed by atoms with Crippen molar-refractivity contribution in [3.8, 4) is 23.0 Å². The van der Waals surface area contributed by atoms with Crippen molar-refractivity contribution >= 4 is 58.0 Å². The van der Waals surface area contributed by atoms with Crippen LogP contribution >= 0.6 is 23.2 Å². The van der Waals surface area contributed by atoms with Crippen LogP contribution in [0.5, 0.6) is 23.0 Å². The molecule has 0 unspecified atom stereocenters. The quantitative estimate of drug-likeness (QED) is 0.139. The Balaban J connectivity index is 1.51. The van der Waals surface area contributed by atoms with Gasteiger partial charge in [-0.25, -0.2) is 9.78 Å². The number of nitrogens with zero attached hydrogens (tertiary/aromatic N) is 1. The third-order valence-electron chi connectivity index (χ3n) is 6.45. The number of hydrogen-bond acceptors (Lipinski definition) is 7. The number of carbonyl (C=O) groups excluding carboxylic acids is 2. The summed E-state index contributed by atoms with van der Waals surface area (Å²) in [6.07, 6.45) is 1.54. The van der Waals surface area contributed by atoms with E-state index >= 15 is 0 Å². The number of ether oxygens (including phenoxy) is 3. The van der Waals surface area contributed by atoms with E-state index in [9.17, 15) is 9.59 Å². The molecule has 230 valence electrons. The lowest BCUT2D eigenvalue weighted by molar-refractivity contribution is -0.117. The number of nitrogens with two attached hydrogens (primary N) is 1. The van der Waals surface area contributed by atoms with Crippen LogP contribution in [0.3, 0.4) is 0 Å². The number of aromatic nitrogens is 1. The molecular weight excluding hydrogens is 605 g/mol. The number of halogens is 2. The molecule has 0 spiro atoms. The maximum atomic E-state index is 13.1. The lowest BCUT2D eigenvalue weighted by Gasteiger charge is -2.23. The molecule has 0 aliphatic carbocycles. The van der Waals surface area contributed by atoms with E-state index in [2.05, 4.69) is 20.9 Å². The van der Waals surface area contributed by atoms with Gasteiger partial charge in [0.1, 0.15) is 33.8 Å². The monoisotopic (exact) mass is 637 g/mol. The number of benzene rings is 3. The molecule has 0 radical (unpaired) electrons. The van der Waals surface area contributed by atoms with E-state index in [0.717, 1.165) is 11.3 Å². The maximum Gasteiger partial charge on any atom is 0.323 e. The number of nitrogens with one attached hydrogen (secondary N) is 3. The molecule has 4 aromatic rings. The van der Waals surface area contributed by atoms with E-state index in [4.69, 9.17) is 43.1 Å².